The minimum Gasteiger partial charge on any atom is -0.379 e. The van der Waals surface area contributed by atoms with Crippen LogP contribution in [-0.4, -0.2) is 43.8 Å². The zero-order valence-corrected chi connectivity index (χ0v) is 10.5. The Bertz CT molecular complexity index is 204. The predicted molar refractivity (Wildman–Crippen MR) is 66.4 cm³/mol. The number of rotatable bonds is 3. The van der Waals surface area contributed by atoms with Crippen molar-refractivity contribution in [2.45, 2.75) is 38.6 Å². The van der Waals surface area contributed by atoms with Crippen molar-refractivity contribution >= 4 is 0 Å². The fourth-order valence-electron chi connectivity index (χ4n) is 3.30. The van der Waals surface area contributed by atoms with E-state index in [1.807, 2.05) is 0 Å². The third-order valence-electron chi connectivity index (χ3n) is 4.46. The normalized spacial score (nSPS) is 37.5. The highest BCUT2D eigenvalue weighted by Gasteiger charge is 2.33. The molecule has 0 bridgehead atoms. The monoisotopic (exact) mass is 226 g/mol. The highest BCUT2D eigenvalue weighted by atomic mass is 16.5. The van der Waals surface area contributed by atoms with E-state index in [0.29, 0.717) is 0 Å². The van der Waals surface area contributed by atoms with Crippen molar-refractivity contribution in [1.29, 1.82) is 0 Å². The summed E-state index contributed by atoms with van der Waals surface area (Å²) in [6.45, 7) is 7.21. The Morgan fingerprint density at radius 2 is 2.00 bits per heavy atom. The smallest absolute Gasteiger partial charge is 0.0594 e. The second kappa shape index (κ2) is 5.99. The van der Waals surface area contributed by atoms with Gasteiger partial charge < -0.3 is 10.5 Å². The molecule has 1 saturated heterocycles. The Kier molecular flexibility index (Phi) is 4.62. The first-order chi connectivity index (χ1) is 7.85. The molecule has 1 heterocycles. The molecule has 94 valence electrons. The zero-order chi connectivity index (χ0) is 11.4. The molecule has 1 aliphatic heterocycles. The molecule has 0 aromatic carbocycles. The lowest BCUT2D eigenvalue weighted by Crippen LogP contribution is -2.51. The van der Waals surface area contributed by atoms with Crippen LogP contribution in [0.15, 0.2) is 0 Å². The van der Waals surface area contributed by atoms with Crippen LogP contribution in [0.2, 0.25) is 0 Å². The van der Waals surface area contributed by atoms with Crippen LogP contribution in [0, 0.1) is 11.8 Å². The van der Waals surface area contributed by atoms with E-state index in [4.69, 9.17) is 10.5 Å². The number of hydrogen-bond acceptors (Lipinski definition) is 3. The molecule has 0 amide bonds. The number of nitrogens with zero attached hydrogens (tertiary/aromatic N) is 1. The highest BCUT2D eigenvalue weighted by molar-refractivity contribution is 4.87. The Morgan fingerprint density at radius 3 is 2.62 bits per heavy atom. The average Bonchev–Trinajstić information content (AvgIpc) is 2.39. The van der Waals surface area contributed by atoms with Gasteiger partial charge in [0.25, 0.3) is 0 Å². The van der Waals surface area contributed by atoms with Gasteiger partial charge in [-0.3, -0.25) is 4.90 Å². The summed E-state index contributed by atoms with van der Waals surface area (Å²) in [6.07, 6.45) is 5.41. The van der Waals surface area contributed by atoms with Gasteiger partial charge in [0.15, 0.2) is 0 Å². The fourth-order valence-corrected chi connectivity index (χ4v) is 3.30. The lowest BCUT2D eigenvalue weighted by molar-refractivity contribution is -0.0137. The van der Waals surface area contributed by atoms with Crippen molar-refractivity contribution < 1.29 is 4.74 Å². The lowest BCUT2D eigenvalue weighted by atomic mass is 9.76. The van der Waals surface area contributed by atoms with Crippen molar-refractivity contribution in [3.63, 3.8) is 0 Å². The third-order valence-corrected chi connectivity index (χ3v) is 4.46. The van der Waals surface area contributed by atoms with Crippen molar-refractivity contribution in [3.05, 3.63) is 0 Å². The van der Waals surface area contributed by atoms with Crippen LogP contribution >= 0.6 is 0 Å². The molecule has 16 heavy (non-hydrogen) atoms. The molecule has 2 aliphatic rings. The fraction of sp³-hybridized carbons (Fsp3) is 1.00. The molecule has 2 fully saturated rings. The summed E-state index contributed by atoms with van der Waals surface area (Å²) in [5.74, 6) is 1.65. The highest BCUT2D eigenvalue weighted by Crippen LogP contribution is 2.33. The first kappa shape index (κ1) is 12.3. The molecule has 0 aromatic heterocycles. The van der Waals surface area contributed by atoms with E-state index in [1.165, 1.54) is 25.7 Å². The summed E-state index contributed by atoms with van der Waals surface area (Å²) in [5.41, 5.74) is 5.93. The average molecular weight is 226 g/mol. The van der Waals surface area contributed by atoms with Crippen LogP contribution in [0.5, 0.6) is 0 Å². The maximum Gasteiger partial charge on any atom is 0.0594 e. The molecule has 0 aromatic rings. The van der Waals surface area contributed by atoms with Gasteiger partial charge in [0.05, 0.1) is 13.2 Å². The Hall–Kier alpha value is -0.120. The third kappa shape index (κ3) is 2.76. The maximum absolute atomic E-state index is 5.93. The van der Waals surface area contributed by atoms with E-state index in [-0.39, 0.29) is 0 Å². The Balaban J connectivity index is 1.95. The number of nitrogens with two attached hydrogens (primary N) is 1. The van der Waals surface area contributed by atoms with Gasteiger partial charge in [-0.2, -0.15) is 0 Å². The summed E-state index contributed by atoms with van der Waals surface area (Å²) in [6, 6.07) is 0.729. The van der Waals surface area contributed by atoms with Crippen molar-refractivity contribution in [2.24, 2.45) is 17.6 Å². The van der Waals surface area contributed by atoms with Gasteiger partial charge in [0, 0.05) is 19.1 Å². The van der Waals surface area contributed by atoms with Gasteiger partial charge in [-0.1, -0.05) is 19.8 Å². The first-order valence-electron chi connectivity index (χ1n) is 6.87. The molecule has 0 radical (unpaired) electrons. The minimum absolute atomic E-state index is 0.723. The van der Waals surface area contributed by atoms with Crippen LogP contribution in [0.3, 0.4) is 0 Å². The molecule has 3 unspecified atom stereocenters. The topological polar surface area (TPSA) is 38.5 Å². The molecular weight excluding hydrogens is 200 g/mol. The maximum atomic E-state index is 5.93. The van der Waals surface area contributed by atoms with Gasteiger partial charge >= 0.3 is 0 Å². The minimum atomic E-state index is 0.723. The Morgan fingerprint density at radius 1 is 1.25 bits per heavy atom. The summed E-state index contributed by atoms with van der Waals surface area (Å²) >= 11 is 0. The van der Waals surface area contributed by atoms with Crippen molar-refractivity contribution in [1.82, 2.24) is 4.90 Å². The molecule has 3 atom stereocenters. The molecule has 3 nitrogen and oxygen atoms in total. The van der Waals surface area contributed by atoms with Gasteiger partial charge in [0.1, 0.15) is 0 Å². The lowest BCUT2D eigenvalue weighted by Gasteiger charge is -2.43. The van der Waals surface area contributed by atoms with Crippen LogP contribution < -0.4 is 5.73 Å². The quantitative estimate of drug-likeness (QED) is 0.792. The number of hydrogen-bond donors (Lipinski definition) is 1. The second-order valence-electron chi connectivity index (χ2n) is 5.30. The van der Waals surface area contributed by atoms with Crippen LogP contribution in [0.4, 0.5) is 0 Å². The first-order valence-corrected chi connectivity index (χ1v) is 6.87. The molecule has 3 heteroatoms. The van der Waals surface area contributed by atoms with Gasteiger partial charge in [-0.25, -0.2) is 0 Å². The van der Waals surface area contributed by atoms with E-state index in [9.17, 15) is 0 Å². The molecule has 1 aliphatic carbocycles. The van der Waals surface area contributed by atoms with E-state index in [2.05, 4.69) is 11.8 Å². The second-order valence-corrected chi connectivity index (χ2v) is 5.30. The van der Waals surface area contributed by atoms with Crippen molar-refractivity contribution in [2.75, 3.05) is 32.8 Å². The summed E-state index contributed by atoms with van der Waals surface area (Å²) in [4.78, 5) is 2.63. The van der Waals surface area contributed by atoms with Gasteiger partial charge in [-0.15, -0.1) is 0 Å². The molecule has 2 rings (SSSR count). The molecule has 1 saturated carbocycles. The van der Waals surface area contributed by atoms with E-state index in [0.717, 1.165) is 50.7 Å². The predicted octanol–water partition coefficient (Wildman–Crippen LogP) is 1.47. The molecular formula is C13H26N2O. The van der Waals surface area contributed by atoms with Crippen molar-refractivity contribution in [3.8, 4) is 0 Å². The van der Waals surface area contributed by atoms with Crippen LogP contribution in [-0.2, 0) is 4.74 Å². The van der Waals surface area contributed by atoms with Gasteiger partial charge in [-0.05, 0) is 31.2 Å². The number of ether oxygens (including phenoxy) is 1. The summed E-state index contributed by atoms with van der Waals surface area (Å²) < 4.78 is 5.44. The molecule has 2 N–H and O–H groups in total. The van der Waals surface area contributed by atoms with E-state index in [1.54, 1.807) is 0 Å². The largest absolute Gasteiger partial charge is 0.379 e. The SMILES string of the molecule is CCC1CCC(CN)C(N2CCOCC2)C1. The zero-order valence-electron chi connectivity index (χ0n) is 10.5. The standard InChI is InChI=1S/C13H26N2O/c1-2-11-3-4-12(10-14)13(9-11)15-5-7-16-8-6-15/h11-13H,2-10,14H2,1H3. The van der Waals surface area contributed by atoms with Crippen LogP contribution in [0.1, 0.15) is 32.6 Å². The summed E-state index contributed by atoms with van der Waals surface area (Å²) in [5, 5.41) is 0. The summed E-state index contributed by atoms with van der Waals surface area (Å²) in [7, 11) is 0. The van der Waals surface area contributed by atoms with E-state index < -0.39 is 0 Å². The van der Waals surface area contributed by atoms with Gasteiger partial charge in [0.2, 0.25) is 0 Å². The number of morpholine rings is 1. The molecule has 0 spiro atoms. The Labute approximate surface area is 99.3 Å². The van der Waals surface area contributed by atoms with Crippen LogP contribution in [0.25, 0.3) is 0 Å². The van der Waals surface area contributed by atoms with E-state index >= 15 is 0 Å².